The molecule has 2 rings (SSSR count). The third-order valence-electron chi connectivity index (χ3n) is 3.54. The number of aromatic nitrogens is 1. The van der Waals surface area contributed by atoms with E-state index in [4.69, 9.17) is 9.84 Å². The lowest BCUT2D eigenvalue weighted by Gasteiger charge is -2.21. The molecule has 0 aliphatic heterocycles. The summed E-state index contributed by atoms with van der Waals surface area (Å²) in [6.45, 7) is 4.01. The minimum absolute atomic E-state index is 0.142. The molecule has 124 valence electrons. The molecular formula is C16H19BrN2O3S. The second-order valence-electron chi connectivity index (χ2n) is 5.51. The van der Waals surface area contributed by atoms with Crippen molar-refractivity contribution in [3.63, 3.8) is 0 Å². The minimum atomic E-state index is -0.999. The molecule has 0 saturated heterocycles. The average molecular weight is 399 g/mol. The van der Waals surface area contributed by atoms with Crippen LogP contribution in [0.15, 0.2) is 28.2 Å². The van der Waals surface area contributed by atoms with E-state index in [1.807, 2.05) is 32.0 Å². The highest BCUT2D eigenvalue weighted by molar-refractivity contribution is 9.11. The lowest BCUT2D eigenvalue weighted by atomic mass is 9.95. The van der Waals surface area contributed by atoms with E-state index >= 15 is 0 Å². The summed E-state index contributed by atoms with van der Waals surface area (Å²) < 4.78 is 6.37. The zero-order chi connectivity index (χ0) is 17.0. The van der Waals surface area contributed by atoms with Crippen molar-refractivity contribution in [2.24, 2.45) is 5.92 Å². The van der Waals surface area contributed by atoms with E-state index in [0.29, 0.717) is 6.42 Å². The van der Waals surface area contributed by atoms with Crippen molar-refractivity contribution >= 4 is 33.4 Å². The van der Waals surface area contributed by atoms with Gasteiger partial charge in [-0.15, -0.1) is 11.3 Å². The molecule has 0 saturated carbocycles. The Kier molecular flexibility index (Phi) is 6.01. The van der Waals surface area contributed by atoms with E-state index < -0.39 is 6.09 Å². The van der Waals surface area contributed by atoms with E-state index in [0.717, 1.165) is 25.7 Å². The quantitative estimate of drug-likeness (QED) is 0.755. The summed E-state index contributed by atoms with van der Waals surface area (Å²) in [6, 6.07) is 5.74. The standard InChI is InChI=1S/C16H19BrN2O3S/c1-9(2)12(19-16(20)21)7-10-4-5-13(22-3)11(6-10)15-18-8-14(17)23-15/h4-6,8-9,12,19H,7H2,1-3H3,(H,20,21). The molecule has 1 aromatic heterocycles. The first-order valence-electron chi connectivity index (χ1n) is 7.18. The average Bonchev–Trinajstić information content (AvgIpc) is 2.92. The maximum Gasteiger partial charge on any atom is 0.404 e. The number of carboxylic acid groups (broad SMARTS) is 1. The molecule has 0 aliphatic carbocycles. The summed E-state index contributed by atoms with van der Waals surface area (Å²) >= 11 is 4.95. The zero-order valence-electron chi connectivity index (χ0n) is 13.2. The number of methoxy groups -OCH3 is 1. The van der Waals surface area contributed by atoms with Crippen molar-refractivity contribution in [1.82, 2.24) is 10.3 Å². The Labute approximate surface area is 147 Å². The second-order valence-corrected chi connectivity index (χ2v) is 7.92. The van der Waals surface area contributed by atoms with E-state index in [-0.39, 0.29) is 12.0 Å². The van der Waals surface area contributed by atoms with Crippen LogP contribution in [0.2, 0.25) is 0 Å². The summed E-state index contributed by atoms with van der Waals surface area (Å²) in [5.74, 6) is 0.952. The van der Waals surface area contributed by atoms with Gasteiger partial charge in [0.25, 0.3) is 0 Å². The number of hydrogen-bond acceptors (Lipinski definition) is 4. The van der Waals surface area contributed by atoms with Gasteiger partial charge in [-0.2, -0.15) is 0 Å². The molecule has 2 aromatic rings. The van der Waals surface area contributed by atoms with Gasteiger partial charge in [-0.05, 0) is 46.0 Å². The maximum absolute atomic E-state index is 11.0. The molecule has 1 aromatic carbocycles. The summed E-state index contributed by atoms with van der Waals surface area (Å²) in [6.07, 6.45) is 1.38. The van der Waals surface area contributed by atoms with Crippen molar-refractivity contribution in [2.75, 3.05) is 7.11 Å². The van der Waals surface area contributed by atoms with Gasteiger partial charge in [0.05, 0.1) is 22.7 Å². The van der Waals surface area contributed by atoms with Gasteiger partial charge in [-0.3, -0.25) is 0 Å². The summed E-state index contributed by atoms with van der Waals surface area (Å²) in [5, 5.41) is 12.4. The van der Waals surface area contributed by atoms with Gasteiger partial charge in [0.2, 0.25) is 0 Å². The molecule has 23 heavy (non-hydrogen) atoms. The molecule has 0 radical (unpaired) electrons. The van der Waals surface area contributed by atoms with Crippen LogP contribution in [-0.2, 0) is 6.42 Å². The Balaban J connectivity index is 2.31. The number of halogens is 1. The lowest BCUT2D eigenvalue weighted by Crippen LogP contribution is -2.39. The van der Waals surface area contributed by atoms with Crippen LogP contribution in [0.25, 0.3) is 10.6 Å². The minimum Gasteiger partial charge on any atom is -0.496 e. The summed E-state index contributed by atoms with van der Waals surface area (Å²) in [4.78, 5) is 15.3. The van der Waals surface area contributed by atoms with Crippen molar-refractivity contribution in [2.45, 2.75) is 26.3 Å². The fourth-order valence-electron chi connectivity index (χ4n) is 2.29. The molecule has 1 atom stereocenters. The van der Waals surface area contributed by atoms with Crippen LogP contribution >= 0.6 is 27.3 Å². The molecule has 2 N–H and O–H groups in total. The van der Waals surface area contributed by atoms with E-state index in [9.17, 15) is 4.79 Å². The van der Waals surface area contributed by atoms with Gasteiger partial charge in [0.15, 0.2) is 0 Å². The highest BCUT2D eigenvalue weighted by atomic mass is 79.9. The normalized spacial score (nSPS) is 12.2. The monoisotopic (exact) mass is 398 g/mol. The Morgan fingerprint density at radius 1 is 1.48 bits per heavy atom. The Hall–Kier alpha value is -1.60. The van der Waals surface area contributed by atoms with Crippen LogP contribution in [0.5, 0.6) is 5.75 Å². The van der Waals surface area contributed by atoms with Crippen molar-refractivity contribution in [3.05, 3.63) is 33.7 Å². The number of benzene rings is 1. The van der Waals surface area contributed by atoms with Gasteiger partial charge in [0, 0.05) is 6.04 Å². The number of nitrogens with zero attached hydrogens (tertiary/aromatic N) is 1. The molecule has 0 spiro atoms. The molecule has 0 bridgehead atoms. The van der Waals surface area contributed by atoms with Crippen LogP contribution in [-0.4, -0.2) is 29.3 Å². The largest absolute Gasteiger partial charge is 0.496 e. The van der Waals surface area contributed by atoms with Crippen LogP contribution in [0.1, 0.15) is 19.4 Å². The molecule has 5 nitrogen and oxygen atoms in total. The first kappa shape index (κ1) is 17.7. The zero-order valence-corrected chi connectivity index (χ0v) is 15.6. The topological polar surface area (TPSA) is 71.5 Å². The number of rotatable bonds is 6. The van der Waals surface area contributed by atoms with Gasteiger partial charge in [-0.25, -0.2) is 9.78 Å². The van der Waals surface area contributed by atoms with Gasteiger partial charge < -0.3 is 15.2 Å². The smallest absolute Gasteiger partial charge is 0.404 e. The molecule has 0 fully saturated rings. The van der Waals surface area contributed by atoms with Crippen LogP contribution < -0.4 is 10.1 Å². The van der Waals surface area contributed by atoms with Crippen molar-refractivity contribution < 1.29 is 14.6 Å². The third kappa shape index (κ3) is 4.68. The Morgan fingerprint density at radius 2 is 2.22 bits per heavy atom. The number of hydrogen-bond donors (Lipinski definition) is 2. The first-order valence-corrected chi connectivity index (χ1v) is 8.79. The third-order valence-corrected chi connectivity index (χ3v) is 5.05. The van der Waals surface area contributed by atoms with Crippen LogP contribution in [0.3, 0.4) is 0 Å². The fourth-order valence-corrected chi connectivity index (χ4v) is 3.52. The Morgan fingerprint density at radius 3 is 2.74 bits per heavy atom. The molecule has 1 amide bonds. The van der Waals surface area contributed by atoms with Crippen molar-refractivity contribution in [1.29, 1.82) is 0 Å². The molecule has 1 unspecified atom stereocenters. The van der Waals surface area contributed by atoms with Gasteiger partial charge in [0.1, 0.15) is 10.8 Å². The molecule has 7 heteroatoms. The van der Waals surface area contributed by atoms with E-state index in [1.54, 1.807) is 13.3 Å². The van der Waals surface area contributed by atoms with Crippen LogP contribution in [0.4, 0.5) is 4.79 Å². The number of nitrogens with one attached hydrogen (secondary N) is 1. The van der Waals surface area contributed by atoms with Crippen LogP contribution in [0, 0.1) is 5.92 Å². The predicted molar refractivity (Wildman–Crippen MR) is 95.3 cm³/mol. The molecular weight excluding hydrogens is 380 g/mol. The maximum atomic E-state index is 11.0. The van der Waals surface area contributed by atoms with Gasteiger partial charge in [-0.1, -0.05) is 19.9 Å². The Bertz CT molecular complexity index is 688. The second kappa shape index (κ2) is 7.79. The molecule has 1 heterocycles. The number of ether oxygens (including phenoxy) is 1. The summed E-state index contributed by atoms with van der Waals surface area (Å²) in [5.41, 5.74) is 1.96. The molecule has 0 aliphatic rings. The van der Waals surface area contributed by atoms with E-state index in [1.165, 1.54) is 11.3 Å². The number of amides is 1. The first-order chi connectivity index (χ1) is 10.9. The lowest BCUT2D eigenvalue weighted by molar-refractivity contribution is 0.185. The highest BCUT2D eigenvalue weighted by Gasteiger charge is 2.18. The summed E-state index contributed by atoms with van der Waals surface area (Å²) in [7, 11) is 1.63. The number of carbonyl (C=O) groups is 1. The van der Waals surface area contributed by atoms with E-state index in [2.05, 4.69) is 26.2 Å². The van der Waals surface area contributed by atoms with Crippen molar-refractivity contribution in [3.8, 4) is 16.3 Å². The number of thiazole rings is 1. The van der Waals surface area contributed by atoms with Gasteiger partial charge >= 0.3 is 6.09 Å². The highest BCUT2D eigenvalue weighted by Crippen LogP contribution is 2.35. The fraction of sp³-hybridized carbons (Fsp3) is 0.375. The SMILES string of the molecule is COc1ccc(CC(NC(=O)O)C(C)C)cc1-c1ncc(Br)s1. The predicted octanol–water partition coefficient (Wildman–Crippen LogP) is 4.42.